The molecule has 7 heteroatoms. The van der Waals surface area contributed by atoms with Gasteiger partial charge in [-0.25, -0.2) is 9.59 Å². The number of fused-ring (bicyclic) bond motifs is 3. The van der Waals surface area contributed by atoms with Gasteiger partial charge in [0.25, 0.3) is 0 Å². The van der Waals surface area contributed by atoms with Crippen molar-refractivity contribution in [2.45, 2.75) is 47.0 Å². The summed E-state index contributed by atoms with van der Waals surface area (Å²) in [5, 5.41) is 20.5. The zero-order valence-corrected chi connectivity index (χ0v) is 19.3. The van der Waals surface area contributed by atoms with Crippen LogP contribution in [0.25, 0.3) is 10.9 Å². The van der Waals surface area contributed by atoms with E-state index < -0.39 is 11.9 Å². The smallest absolute Gasteiger partial charge is 0.328 e. The molecule has 0 bridgehead atoms. The van der Waals surface area contributed by atoms with Crippen LogP contribution < -0.4 is 5.32 Å². The molecule has 1 aromatic carbocycles. The standard InChI is InChI=1S/C21H30N2O.C4H4O4/c1-13(2)11-22-12-15-5-7-19-17(9-15)18-10-16(21(24)14(3)4)6-8-20(18)23-19;5-3(6)1-2-4(7)8/h6,8,10,13-15,22-23H,5,7,9,11-12H2,1-4H3;1-2H,(H,5,6)(H,7,8). The number of aryl methyl sites for hydroxylation is 1. The predicted molar refractivity (Wildman–Crippen MR) is 125 cm³/mol. The first-order chi connectivity index (χ1) is 15.1. The molecule has 0 spiro atoms. The summed E-state index contributed by atoms with van der Waals surface area (Å²) in [6, 6.07) is 6.15. The second-order valence-electron chi connectivity index (χ2n) is 9.03. The second kappa shape index (κ2) is 11.6. The van der Waals surface area contributed by atoms with Gasteiger partial charge in [0.15, 0.2) is 5.78 Å². The Hall–Kier alpha value is -2.93. The van der Waals surface area contributed by atoms with Crippen molar-refractivity contribution in [1.29, 1.82) is 0 Å². The number of carbonyl (C=O) groups is 3. The minimum Gasteiger partial charge on any atom is -0.478 e. The second-order valence-corrected chi connectivity index (χ2v) is 9.03. The highest BCUT2D eigenvalue weighted by atomic mass is 16.4. The highest BCUT2D eigenvalue weighted by Gasteiger charge is 2.23. The third-order valence-electron chi connectivity index (χ3n) is 5.45. The first kappa shape index (κ1) is 25.3. The molecule has 174 valence electrons. The van der Waals surface area contributed by atoms with Crippen LogP contribution in [0, 0.1) is 17.8 Å². The van der Waals surface area contributed by atoms with E-state index in [0.717, 1.165) is 31.5 Å². The summed E-state index contributed by atoms with van der Waals surface area (Å²) in [6.45, 7) is 10.6. The predicted octanol–water partition coefficient (Wildman–Crippen LogP) is 4.07. The number of carbonyl (C=O) groups excluding carboxylic acids is 1. The fourth-order valence-electron chi connectivity index (χ4n) is 3.87. The fraction of sp³-hybridized carbons (Fsp3) is 0.480. The Bertz CT molecular complexity index is 972. The van der Waals surface area contributed by atoms with Gasteiger partial charge in [-0.15, -0.1) is 0 Å². The van der Waals surface area contributed by atoms with Crippen molar-refractivity contribution in [3.63, 3.8) is 0 Å². The number of Topliss-reactive ketones (excluding diaryl/α,β-unsaturated/α-hetero) is 1. The molecule has 1 heterocycles. The van der Waals surface area contributed by atoms with Crippen LogP contribution in [0.5, 0.6) is 0 Å². The van der Waals surface area contributed by atoms with Crippen molar-refractivity contribution in [2.75, 3.05) is 13.1 Å². The summed E-state index contributed by atoms with van der Waals surface area (Å²) in [4.78, 5) is 35.0. The lowest BCUT2D eigenvalue weighted by atomic mass is 9.86. The third kappa shape index (κ3) is 7.34. The van der Waals surface area contributed by atoms with E-state index in [4.69, 9.17) is 10.2 Å². The van der Waals surface area contributed by atoms with Gasteiger partial charge in [-0.2, -0.15) is 0 Å². The summed E-state index contributed by atoms with van der Waals surface area (Å²) >= 11 is 0. The number of hydrogen-bond donors (Lipinski definition) is 4. The molecule has 1 unspecified atom stereocenters. The number of nitrogens with one attached hydrogen (secondary N) is 2. The molecule has 4 N–H and O–H groups in total. The molecule has 0 aliphatic heterocycles. The molecule has 0 fully saturated rings. The number of aliphatic carboxylic acids is 2. The fourth-order valence-corrected chi connectivity index (χ4v) is 3.87. The molecule has 3 rings (SSSR count). The quantitative estimate of drug-likeness (QED) is 0.361. The number of rotatable bonds is 8. The zero-order valence-electron chi connectivity index (χ0n) is 19.3. The average molecular weight is 443 g/mol. The Morgan fingerprint density at radius 1 is 1.12 bits per heavy atom. The summed E-state index contributed by atoms with van der Waals surface area (Å²) in [5.41, 5.74) is 4.83. The molecular weight excluding hydrogens is 408 g/mol. The van der Waals surface area contributed by atoms with E-state index in [1.165, 1.54) is 28.6 Å². The van der Waals surface area contributed by atoms with E-state index in [2.05, 4.69) is 36.3 Å². The number of carboxylic acids is 2. The van der Waals surface area contributed by atoms with Crippen LogP contribution in [-0.2, 0) is 22.4 Å². The Morgan fingerprint density at radius 3 is 2.34 bits per heavy atom. The highest BCUT2D eigenvalue weighted by molar-refractivity contribution is 6.01. The number of hydrogen-bond acceptors (Lipinski definition) is 4. The van der Waals surface area contributed by atoms with E-state index in [1.54, 1.807) is 0 Å². The van der Waals surface area contributed by atoms with Crippen molar-refractivity contribution in [2.24, 2.45) is 17.8 Å². The maximum absolute atomic E-state index is 12.3. The molecule has 0 saturated carbocycles. The van der Waals surface area contributed by atoms with Gasteiger partial charge >= 0.3 is 11.9 Å². The van der Waals surface area contributed by atoms with Crippen LogP contribution in [0.3, 0.4) is 0 Å². The van der Waals surface area contributed by atoms with Gasteiger partial charge in [0.2, 0.25) is 0 Å². The zero-order chi connectivity index (χ0) is 23.8. The molecule has 0 amide bonds. The Labute approximate surface area is 188 Å². The molecule has 0 radical (unpaired) electrons. The van der Waals surface area contributed by atoms with Crippen LogP contribution in [0.15, 0.2) is 30.4 Å². The third-order valence-corrected chi connectivity index (χ3v) is 5.45. The van der Waals surface area contributed by atoms with Crippen molar-refractivity contribution in [3.8, 4) is 0 Å². The molecule has 1 aliphatic carbocycles. The first-order valence-electron chi connectivity index (χ1n) is 11.1. The van der Waals surface area contributed by atoms with Gasteiger partial charge in [-0.1, -0.05) is 27.7 Å². The Morgan fingerprint density at radius 2 is 1.78 bits per heavy atom. The van der Waals surface area contributed by atoms with Gasteiger partial charge in [0, 0.05) is 40.2 Å². The molecule has 2 aromatic rings. The number of H-pyrrole nitrogens is 1. The van der Waals surface area contributed by atoms with Crippen LogP contribution >= 0.6 is 0 Å². The van der Waals surface area contributed by atoms with Crippen LogP contribution in [-0.4, -0.2) is 46.0 Å². The number of aromatic nitrogens is 1. The van der Waals surface area contributed by atoms with Crippen molar-refractivity contribution in [3.05, 3.63) is 47.2 Å². The summed E-state index contributed by atoms with van der Waals surface area (Å²) in [7, 11) is 0. The number of ketones is 1. The van der Waals surface area contributed by atoms with Crippen LogP contribution in [0.2, 0.25) is 0 Å². The first-order valence-corrected chi connectivity index (χ1v) is 11.1. The van der Waals surface area contributed by atoms with Crippen molar-refractivity contribution in [1.82, 2.24) is 10.3 Å². The van der Waals surface area contributed by atoms with E-state index in [1.807, 2.05) is 19.9 Å². The van der Waals surface area contributed by atoms with Crippen molar-refractivity contribution < 1.29 is 24.6 Å². The summed E-state index contributed by atoms with van der Waals surface area (Å²) in [5.74, 6) is -0.843. The lowest BCUT2D eigenvalue weighted by Crippen LogP contribution is -2.29. The number of aromatic amines is 1. The average Bonchev–Trinajstić information content (AvgIpc) is 3.09. The lowest BCUT2D eigenvalue weighted by Gasteiger charge is -2.23. The molecule has 1 aliphatic rings. The molecule has 32 heavy (non-hydrogen) atoms. The molecule has 7 nitrogen and oxygen atoms in total. The number of benzene rings is 1. The lowest BCUT2D eigenvalue weighted by molar-refractivity contribution is -0.134. The largest absolute Gasteiger partial charge is 0.478 e. The van der Waals surface area contributed by atoms with Crippen LogP contribution in [0.4, 0.5) is 0 Å². The molecule has 1 aromatic heterocycles. The van der Waals surface area contributed by atoms with Gasteiger partial charge < -0.3 is 20.5 Å². The van der Waals surface area contributed by atoms with Gasteiger partial charge in [-0.05, 0) is 68.0 Å². The van der Waals surface area contributed by atoms with E-state index >= 15 is 0 Å². The Kier molecular flexibility index (Phi) is 9.20. The minimum absolute atomic E-state index is 0.0465. The van der Waals surface area contributed by atoms with E-state index in [-0.39, 0.29) is 11.7 Å². The molecule has 1 atom stereocenters. The van der Waals surface area contributed by atoms with E-state index in [9.17, 15) is 14.4 Å². The maximum Gasteiger partial charge on any atom is 0.328 e. The van der Waals surface area contributed by atoms with Gasteiger partial charge in [0.1, 0.15) is 0 Å². The van der Waals surface area contributed by atoms with Gasteiger partial charge in [-0.3, -0.25) is 4.79 Å². The maximum atomic E-state index is 12.3. The van der Waals surface area contributed by atoms with Crippen LogP contribution in [0.1, 0.15) is 55.7 Å². The monoisotopic (exact) mass is 442 g/mol. The SMILES string of the molecule is CC(C)CNCC1CCc2[nH]c3ccc(C(=O)C(C)C)cc3c2C1.O=C(O)C=CC(=O)O. The normalized spacial score (nSPS) is 15.6. The highest BCUT2D eigenvalue weighted by Crippen LogP contribution is 2.32. The van der Waals surface area contributed by atoms with Crippen molar-refractivity contribution >= 4 is 28.6 Å². The topological polar surface area (TPSA) is 119 Å². The molecule has 0 saturated heterocycles. The number of carboxylic acid groups (broad SMARTS) is 2. The Balaban J connectivity index is 0.000000390. The summed E-state index contributed by atoms with van der Waals surface area (Å²) in [6.07, 6.45) is 4.58. The molecular formula is C25H34N2O5. The van der Waals surface area contributed by atoms with Gasteiger partial charge in [0.05, 0.1) is 0 Å². The van der Waals surface area contributed by atoms with E-state index in [0.29, 0.717) is 24.0 Å². The summed E-state index contributed by atoms with van der Waals surface area (Å²) < 4.78 is 0. The minimum atomic E-state index is -1.26.